The minimum absolute atomic E-state index is 0.118. The van der Waals surface area contributed by atoms with Crippen molar-refractivity contribution in [3.63, 3.8) is 0 Å². The van der Waals surface area contributed by atoms with Gasteiger partial charge in [0.15, 0.2) is 0 Å². The van der Waals surface area contributed by atoms with E-state index in [0.717, 1.165) is 6.42 Å². The Balaban J connectivity index is 2.39. The molecule has 0 aromatic heterocycles. The Hall–Kier alpha value is -1.56. The molecule has 5 nitrogen and oxygen atoms in total. The normalized spacial score (nSPS) is 10.9. The highest BCUT2D eigenvalue weighted by molar-refractivity contribution is 7.92. The van der Waals surface area contributed by atoms with Gasteiger partial charge in [0.25, 0.3) is 0 Å². The largest absolute Gasteiger partial charge is 0.355 e. The molecular formula is C12H18N2O3S. The topological polar surface area (TPSA) is 75.3 Å². The number of amides is 1. The molecule has 1 rings (SSSR count). The Morgan fingerprint density at radius 2 is 1.89 bits per heavy atom. The summed E-state index contributed by atoms with van der Waals surface area (Å²) in [5.74, 6) is -0.246. The molecule has 1 aromatic rings. The van der Waals surface area contributed by atoms with Gasteiger partial charge in [-0.05, 0) is 18.6 Å². The van der Waals surface area contributed by atoms with Gasteiger partial charge in [-0.2, -0.15) is 0 Å². The highest BCUT2D eigenvalue weighted by atomic mass is 32.2. The second-order valence-corrected chi connectivity index (χ2v) is 5.73. The van der Waals surface area contributed by atoms with Gasteiger partial charge < -0.3 is 5.32 Å². The standard InChI is InChI=1S/C12H18N2O3S/c1-2-6-12(15)13-9-10-18(16,17)14-11-7-4-3-5-8-11/h3-5,7-8,14H,2,6,9-10H2,1H3,(H,13,15). The third-order valence-corrected chi connectivity index (χ3v) is 3.51. The molecule has 1 amide bonds. The van der Waals surface area contributed by atoms with E-state index in [9.17, 15) is 13.2 Å². The highest BCUT2D eigenvalue weighted by Crippen LogP contribution is 2.07. The fourth-order valence-corrected chi connectivity index (χ4v) is 2.35. The number of anilines is 1. The summed E-state index contributed by atoms with van der Waals surface area (Å²) in [6, 6.07) is 8.66. The molecule has 0 atom stereocenters. The molecule has 0 saturated heterocycles. The van der Waals surface area contributed by atoms with Crippen molar-refractivity contribution in [1.29, 1.82) is 0 Å². The molecule has 0 radical (unpaired) electrons. The minimum Gasteiger partial charge on any atom is -0.355 e. The smallest absolute Gasteiger partial charge is 0.234 e. The first-order valence-corrected chi connectivity index (χ1v) is 7.51. The number of benzene rings is 1. The number of rotatable bonds is 7. The first-order valence-electron chi connectivity index (χ1n) is 5.86. The second-order valence-electron chi connectivity index (χ2n) is 3.89. The summed E-state index contributed by atoms with van der Waals surface area (Å²) >= 11 is 0. The lowest BCUT2D eigenvalue weighted by molar-refractivity contribution is -0.120. The summed E-state index contributed by atoms with van der Waals surface area (Å²) in [6.07, 6.45) is 1.17. The van der Waals surface area contributed by atoms with Crippen molar-refractivity contribution in [2.75, 3.05) is 17.0 Å². The van der Waals surface area contributed by atoms with Gasteiger partial charge >= 0.3 is 0 Å². The number of carbonyl (C=O) groups excluding carboxylic acids is 1. The van der Waals surface area contributed by atoms with E-state index in [0.29, 0.717) is 12.1 Å². The predicted molar refractivity (Wildman–Crippen MR) is 71.8 cm³/mol. The molecule has 0 aliphatic heterocycles. The zero-order valence-electron chi connectivity index (χ0n) is 10.3. The van der Waals surface area contributed by atoms with Gasteiger partial charge in [-0.1, -0.05) is 25.1 Å². The molecule has 0 aliphatic carbocycles. The molecule has 0 aliphatic rings. The first-order chi connectivity index (χ1) is 8.53. The van der Waals surface area contributed by atoms with E-state index >= 15 is 0 Å². The van der Waals surface area contributed by atoms with Crippen molar-refractivity contribution in [2.24, 2.45) is 0 Å². The Morgan fingerprint density at radius 3 is 2.50 bits per heavy atom. The van der Waals surface area contributed by atoms with Crippen LogP contribution >= 0.6 is 0 Å². The molecule has 0 heterocycles. The quantitative estimate of drug-likeness (QED) is 0.785. The van der Waals surface area contributed by atoms with Crippen molar-refractivity contribution in [2.45, 2.75) is 19.8 Å². The molecule has 0 spiro atoms. The summed E-state index contributed by atoms with van der Waals surface area (Å²) in [5, 5.41) is 2.57. The zero-order valence-corrected chi connectivity index (χ0v) is 11.2. The number of carbonyl (C=O) groups is 1. The molecule has 0 saturated carbocycles. The lowest BCUT2D eigenvalue weighted by atomic mass is 10.3. The summed E-state index contributed by atoms with van der Waals surface area (Å²) in [4.78, 5) is 11.2. The Morgan fingerprint density at radius 1 is 1.22 bits per heavy atom. The van der Waals surface area contributed by atoms with Crippen LogP contribution in [0.3, 0.4) is 0 Å². The highest BCUT2D eigenvalue weighted by Gasteiger charge is 2.10. The summed E-state index contributed by atoms with van der Waals surface area (Å²) < 4.78 is 25.8. The van der Waals surface area contributed by atoms with Gasteiger partial charge in [0.2, 0.25) is 15.9 Å². The lowest BCUT2D eigenvalue weighted by Crippen LogP contribution is -2.30. The van der Waals surface area contributed by atoms with Crippen LogP contribution in [0.5, 0.6) is 0 Å². The Labute approximate surface area is 108 Å². The van der Waals surface area contributed by atoms with Crippen LogP contribution in [0.2, 0.25) is 0 Å². The van der Waals surface area contributed by atoms with Crippen LogP contribution in [0.25, 0.3) is 0 Å². The molecule has 0 bridgehead atoms. The van der Waals surface area contributed by atoms with E-state index in [4.69, 9.17) is 0 Å². The molecule has 0 unspecified atom stereocenters. The van der Waals surface area contributed by atoms with Crippen LogP contribution in [0.15, 0.2) is 30.3 Å². The van der Waals surface area contributed by atoms with Crippen molar-refractivity contribution >= 4 is 21.6 Å². The predicted octanol–water partition coefficient (Wildman–Crippen LogP) is 1.34. The van der Waals surface area contributed by atoms with E-state index < -0.39 is 10.0 Å². The van der Waals surface area contributed by atoms with E-state index in [2.05, 4.69) is 10.0 Å². The van der Waals surface area contributed by atoms with Gasteiger partial charge in [-0.3, -0.25) is 9.52 Å². The Kier molecular flexibility index (Phi) is 5.64. The average molecular weight is 270 g/mol. The van der Waals surface area contributed by atoms with E-state index in [-0.39, 0.29) is 18.2 Å². The third kappa shape index (κ3) is 5.67. The van der Waals surface area contributed by atoms with Gasteiger partial charge in [-0.25, -0.2) is 8.42 Å². The lowest BCUT2D eigenvalue weighted by Gasteiger charge is -2.08. The molecule has 100 valence electrons. The van der Waals surface area contributed by atoms with Gasteiger partial charge in [-0.15, -0.1) is 0 Å². The molecule has 1 aromatic carbocycles. The van der Waals surface area contributed by atoms with Crippen molar-refractivity contribution in [1.82, 2.24) is 5.32 Å². The average Bonchev–Trinajstić information content (AvgIpc) is 2.29. The number of para-hydroxylation sites is 1. The number of hydrogen-bond acceptors (Lipinski definition) is 3. The third-order valence-electron chi connectivity index (χ3n) is 2.22. The summed E-state index contributed by atoms with van der Waals surface area (Å²) in [6.45, 7) is 2.02. The summed E-state index contributed by atoms with van der Waals surface area (Å²) in [5.41, 5.74) is 0.525. The number of nitrogens with one attached hydrogen (secondary N) is 2. The maximum absolute atomic E-state index is 11.7. The van der Waals surface area contributed by atoms with Gasteiger partial charge in [0.05, 0.1) is 5.75 Å². The van der Waals surface area contributed by atoms with Gasteiger partial charge in [0.1, 0.15) is 0 Å². The number of sulfonamides is 1. The zero-order chi connectivity index (χ0) is 13.4. The summed E-state index contributed by atoms with van der Waals surface area (Å²) in [7, 11) is -3.41. The molecule has 0 fully saturated rings. The Bertz CT molecular complexity index is 471. The first kappa shape index (κ1) is 14.5. The molecule has 2 N–H and O–H groups in total. The monoisotopic (exact) mass is 270 g/mol. The fourth-order valence-electron chi connectivity index (χ4n) is 1.38. The van der Waals surface area contributed by atoms with Crippen molar-refractivity contribution < 1.29 is 13.2 Å². The van der Waals surface area contributed by atoms with Crippen LogP contribution in [-0.2, 0) is 14.8 Å². The van der Waals surface area contributed by atoms with Crippen LogP contribution in [0.4, 0.5) is 5.69 Å². The molecule has 18 heavy (non-hydrogen) atoms. The van der Waals surface area contributed by atoms with Crippen LogP contribution < -0.4 is 10.0 Å². The van der Waals surface area contributed by atoms with E-state index in [1.165, 1.54) is 0 Å². The van der Waals surface area contributed by atoms with Crippen LogP contribution in [0, 0.1) is 0 Å². The SMILES string of the molecule is CCCC(=O)NCCS(=O)(=O)Nc1ccccc1. The molecule has 6 heteroatoms. The van der Waals surface area contributed by atoms with Crippen molar-refractivity contribution in [3.05, 3.63) is 30.3 Å². The van der Waals surface area contributed by atoms with E-state index in [1.54, 1.807) is 24.3 Å². The minimum atomic E-state index is -3.41. The number of hydrogen-bond donors (Lipinski definition) is 2. The molecular weight excluding hydrogens is 252 g/mol. The van der Waals surface area contributed by atoms with Crippen LogP contribution in [-0.4, -0.2) is 26.6 Å². The van der Waals surface area contributed by atoms with Gasteiger partial charge in [0, 0.05) is 18.7 Å². The van der Waals surface area contributed by atoms with Crippen molar-refractivity contribution in [3.8, 4) is 0 Å². The van der Waals surface area contributed by atoms with E-state index in [1.807, 2.05) is 13.0 Å². The second kappa shape index (κ2) is 7.00. The maximum Gasteiger partial charge on any atom is 0.234 e. The maximum atomic E-state index is 11.7. The van der Waals surface area contributed by atoms with Crippen LogP contribution in [0.1, 0.15) is 19.8 Å². The fraction of sp³-hybridized carbons (Fsp3) is 0.417.